The molecule has 1 unspecified atom stereocenters. The van der Waals surface area contributed by atoms with Crippen LogP contribution in [0.15, 0.2) is 66.7 Å². The van der Waals surface area contributed by atoms with Crippen LogP contribution in [-0.4, -0.2) is 78.7 Å². The molecule has 2 aliphatic heterocycles. The third-order valence-corrected chi connectivity index (χ3v) is 8.51. The molecule has 220 valence electrons. The Morgan fingerprint density at radius 2 is 1.69 bits per heavy atom. The predicted molar refractivity (Wildman–Crippen MR) is 163 cm³/mol. The summed E-state index contributed by atoms with van der Waals surface area (Å²) in [5, 5.41) is 1.73. The summed E-state index contributed by atoms with van der Waals surface area (Å²) in [5.74, 6) is 0.716. The zero-order chi connectivity index (χ0) is 29.1. The second kappa shape index (κ2) is 12.7. The number of aromatic amines is 1. The lowest BCUT2D eigenvalue weighted by atomic mass is 9.92. The van der Waals surface area contributed by atoms with Gasteiger partial charge in [0.25, 0.3) is 0 Å². The van der Waals surface area contributed by atoms with Gasteiger partial charge in [0, 0.05) is 54.3 Å². The van der Waals surface area contributed by atoms with Gasteiger partial charge in [-0.15, -0.1) is 0 Å². The summed E-state index contributed by atoms with van der Waals surface area (Å²) in [5.41, 5.74) is 3.99. The number of carbonyl (C=O) groups is 1. The standard InChI is InChI=1S/C33H36ClFN4O3/c1-37-17-19-38(20-18-37)15-2-3-21-41-26-9-4-23(5-10-26)32-31-28(29-22-24(34)6-13-30(29)36-31)14-16-39(32)33(40)42-27-11-7-25(35)8-12-27/h4-13,22,32,36H,2-3,14-21H2,1H3. The van der Waals surface area contributed by atoms with Crippen molar-refractivity contribution in [3.8, 4) is 11.5 Å². The van der Waals surface area contributed by atoms with Crippen LogP contribution in [0.3, 0.4) is 0 Å². The van der Waals surface area contributed by atoms with Gasteiger partial charge in [0.05, 0.1) is 6.61 Å². The van der Waals surface area contributed by atoms with E-state index in [0.717, 1.165) is 79.0 Å². The lowest BCUT2D eigenvalue weighted by Crippen LogP contribution is -2.44. The summed E-state index contributed by atoms with van der Waals surface area (Å²) >= 11 is 6.33. The number of nitrogens with zero attached hydrogens (tertiary/aromatic N) is 3. The van der Waals surface area contributed by atoms with Crippen molar-refractivity contribution in [2.45, 2.75) is 25.3 Å². The zero-order valence-corrected chi connectivity index (χ0v) is 24.6. The number of hydrogen-bond donors (Lipinski definition) is 1. The van der Waals surface area contributed by atoms with Gasteiger partial charge in [-0.2, -0.15) is 0 Å². The fraction of sp³-hybridized carbons (Fsp3) is 0.364. The van der Waals surface area contributed by atoms with Crippen molar-refractivity contribution in [1.82, 2.24) is 19.7 Å². The Hall–Kier alpha value is -3.59. The van der Waals surface area contributed by atoms with Crippen molar-refractivity contribution in [2.75, 3.05) is 52.9 Å². The Bertz CT molecular complexity index is 1520. The zero-order valence-electron chi connectivity index (χ0n) is 23.8. The molecule has 1 fully saturated rings. The number of benzene rings is 3. The van der Waals surface area contributed by atoms with Crippen molar-refractivity contribution in [3.05, 3.63) is 94.4 Å². The van der Waals surface area contributed by atoms with Crippen LogP contribution < -0.4 is 9.47 Å². The van der Waals surface area contributed by atoms with Gasteiger partial charge >= 0.3 is 6.09 Å². The number of piperazine rings is 1. The number of carbonyl (C=O) groups excluding carboxylic acids is 1. The van der Waals surface area contributed by atoms with Crippen LogP contribution in [0.4, 0.5) is 9.18 Å². The number of unbranched alkanes of at least 4 members (excludes halogenated alkanes) is 1. The molecule has 3 heterocycles. The maximum absolute atomic E-state index is 13.5. The summed E-state index contributed by atoms with van der Waals surface area (Å²) in [6.45, 7) is 6.79. The Morgan fingerprint density at radius 1 is 0.952 bits per heavy atom. The molecule has 9 heteroatoms. The van der Waals surface area contributed by atoms with E-state index in [1.54, 1.807) is 4.90 Å². The van der Waals surface area contributed by atoms with Gasteiger partial charge in [-0.05, 0) is 98.6 Å². The number of aromatic nitrogens is 1. The number of H-pyrrole nitrogens is 1. The Morgan fingerprint density at radius 3 is 2.45 bits per heavy atom. The first-order valence-electron chi connectivity index (χ1n) is 14.6. The highest BCUT2D eigenvalue weighted by molar-refractivity contribution is 6.31. The highest BCUT2D eigenvalue weighted by Gasteiger charge is 2.35. The van der Waals surface area contributed by atoms with Crippen molar-refractivity contribution >= 4 is 28.6 Å². The first-order chi connectivity index (χ1) is 20.4. The minimum Gasteiger partial charge on any atom is -0.494 e. The minimum absolute atomic E-state index is 0.297. The number of hydrogen-bond acceptors (Lipinski definition) is 5. The average Bonchev–Trinajstić information content (AvgIpc) is 3.37. The van der Waals surface area contributed by atoms with E-state index in [4.69, 9.17) is 21.1 Å². The largest absolute Gasteiger partial charge is 0.494 e. The summed E-state index contributed by atoms with van der Waals surface area (Å²) in [7, 11) is 2.18. The molecule has 42 heavy (non-hydrogen) atoms. The third kappa shape index (κ3) is 6.41. The molecule has 3 aromatic carbocycles. The highest BCUT2D eigenvalue weighted by Crippen LogP contribution is 2.40. The smallest absolute Gasteiger partial charge is 0.416 e. The lowest BCUT2D eigenvalue weighted by Gasteiger charge is -2.35. The van der Waals surface area contributed by atoms with E-state index in [-0.39, 0.29) is 5.82 Å². The maximum atomic E-state index is 13.5. The minimum atomic E-state index is -0.491. The Labute approximate surface area is 250 Å². The molecule has 7 nitrogen and oxygen atoms in total. The normalized spacial score (nSPS) is 17.8. The van der Waals surface area contributed by atoms with E-state index in [1.165, 1.54) is 24.3 Å². The fourth-order valence-corrected chi connectivity index (χ4v) is 6.08. The van der Waals surface area contributed by atoms with Gasteiger partial charge in [-0.25, -0.2) is 9.18 Å². The molecule has 0 spiro atoms. The molecule has 1 atom stereocenters. The molecular weight excluding hydrogens is 555 g/mol. The van der Waals surface area contributed by atoms with Crippen molar-refractivity contribution in [2.24, 2.45) is 0 Å². The fourth-order valence-electron chi connectivity index (χ4n) is 5.91. The number of likely N-dealkylation sites (N-methyl/N-ethyl adjacent to an activating group) is 1. The number of halogens is 2. The third-order valence-electron chi connectivity index (χ3n) is 8.27. The quantitative estimate of drug-likeness (QED) is 0.237. The number of nitrogens with one attached hydrogen (secondary N) is 1. The molecule has 1 N–H and O–H groups in total. The molecule has 1 amide bonds. The van der Waals surface area contributed by atoms with E-state index >= 15 is 0 Å². The van der Waals surface area contributed by atoms with E-state index < -0.39 is 12.1 Å². The van der Waals surface area contributed by atoms with Crippen molar-refractivity contribution in [3.63, 3.8) is 0 Å². The molecule has 1 aromatic heterocycles. The second-order valence-electron chi connectivity index (χ2n) is 11.1. The molecule has 4 aromatic rings. The molecule has 0 saturated carbocycles. The Kier molecular flexibility index (Phi) is 8.65. The molecular formula is C33H36ClFN4O3. The van der Waals surface area contributed by atoms with Crippen LogP contribution in [0, 0.1) is 5.82 Å². The SMILES string of the molecule is CN1CCN(CCCCOc2ccc(C3c4[nH]c5ccc(Cl)cc5c4CCN3C(=O)Oc3ccc(F)cc3)cc2)CC1. The molecule has 0 bridgehead atoms. The van der Waals surface area contributed by atoms with Crippen LogP contribution in [0.25, 0.3) is 10.9 Å². The summed E-state index contributed by atoms with van der Waals surface area (Å²) in [4.78, 5) is 23.6. The van der Waals surface area contributed by atoms with Gasteiger partial charge < -0.3 is 24.3 Å². The average molecular weight is 591 g/mol. The number of fused-ring (bicyclic) bond motifs is 3. The van der Waals surface area contributed by atoms with E-state index in [1.807, 2.05) is 42.5 Å². The topological polar surface area (TPSA) is 61.0 Å². The van der Waals surface area contributed by atoms with Crippen molar-refractivity contribution < 1.29 is 18.7 Å². The van der Waals surface area contributed by atoms with Crippen LogP contribution in [-0.2, 0) is 6.42 Å². The van der Waals surface area contributed by atoms with Gasteiger partial charge in [0.1, 0.15) is 23.4 Å². The van der Waals surface area contributed by atoms with E-state index in [2.05, 4.69) is 21.8 Å². The maximum Gasteiger partial charge on any atom is 0.416 e. The number of ether oxygens (including phenoxy) is 2. The molecule has 0 aliphatic carbocycles. The van der Waals surface area contributed by atoms with Crippen LogP contribution in [0.5, 0.6) is 11.5 Å². The van der Waals surface area contributed by atoms with Gasteiger partial charge in [0.15, 0.2) is 0 Å². The highest BCUT2D eigenvalue weighted by atomic mass is 35.5. The van der Waals surface area contributed by atoms with Crippen LogP contribution in [0.1, 0.15) is 35.7 Å². The summed E-state index contributed by atoms with van der Waals surface area (Å²) in [6.07, 6.45) is 2.28. The number of rotatable bonds is 8. The van der Waals surface area contributed by atoms with Gasteiger partial charge in [-0.1, -0.05) is 23.7 Å². The number of amides is 1. The van der Waals surface area contributed by atoms with E-state index in [9.17, 15) is 9.18 Å². The van der Waals surface area contributed by atoms with Crippen molar-refractivity contribution in [1.29, 1.82) is 0 Å². The lowest BCUT2D eigenvalue weighted by molar-refractivity contribution is 0.135. The first kappa shape index (κ1) is 28.5. The molecule has 0 radical (unpaired) electrons. The molecule has 6 rings (SSSR count). The van der Waals surface area contributed by atoms with Gasteiger partial charge in [0.2, 0.25) is 0 Å². The molecule has 1 saturated heterocycles. The predicted octanol–water partition coefficient (Wildman–Crippen LogP) is 6.51. The summed E-state index contributed by atoms with van der Waals surface area (Å²) < 4.78 is 25.2. The monoisotopic (exact) mass is 590 g/mol. The van der Waals surface area contributed by atoms with Crippen LogP contribution in [0.2, 0.25) is 5.02 Å². The summed E-state index contributed by atoms with van der Waals surface area (Å²) in [6, 6.07) is 18.8. The first-order valence-corrected chi connectivity index (χ1v) is 15.0. The van der Waals surface area contributed by atoms with E-state index in [0.29, 0.717) is 30.3 Å². The second-order valence-corrected chi connectivity index (χ2v) is 11.6. The van der Waals surface area contributed by atoms with Gasteiger partial charge in [-0.3, -0.25) is 4.90 Å². The van der Waals surface area contributed by atoms with Crippen LogP contribution >= 0.6 is 11.6 Å². The Balaban J connectivity index is 1.17. The molecule has 2 aliphatic rings.